The van der Waals surface area contributed by atoms with Gasteiger partial charge in [0.15, 0.2) is 5.57 Å². The predicted octanol–water partition coefficient (Wildman–Crippen LogP) is 1.80. The van der Waals surface area contributed by atoms with Gasteiger partial charge in [-0.25, -0.2) is 9.59 Å². The summed E-state index contributed by atoms with van der Waals surface area (Å²) in [5.74, 6) is -0.817. The minimum atomic E-state index is -0.817. The smallest absolute Gasteiger partial charge is 0.350 e. The number of carbonyl (C=O) groups is 2. The fraction of sp³-hybridized carbons (Fsp3) is 0.267. The van der Waals surface area contributed by atoms with Crippen molar-refractivity contribution in [2.24, 2.45) is 0 Å². The third-order valence-electron chi connectivity index (χ3n) is 2.38. The normalized spacial score (nSPS) is 10.5. The fourth-order valence-electron chi connectivity index (χ4n) is 1.38. The monoisotopic (exact) mass is 303 g/mol. The second kappa shape index (κ2) is 9.96. The van der Waals surface area contributed by atoms with Crippen molar-refractivity contribution in [1.82, 2.24) is 5.32 Å². The summed E-state index contributed by atoms with van der Waals surface area (Å²) in [6, 6.07) is 9.85. The summed E-state index contributed by atoms with van der Waals surface area (Å²) < 4.78 is 9.82. The molecule has 0 bridgehead atoms. The first-order valence-electron chi connectivity index (χ1n) is 6.65. The van der Waals surface area contributed by atoms with Crippen LogP contribution in [0.25, 0.3) is 0 Å². The number of nitrogens with zero attached hydrogens (tertiary/aromatic N) is 1. The number of benzene rings is 1. The van der Waals surface area contributed by atoms with Crippen LogP contribution >= 0.6 is 0 Å². The number of para-hydroxylation sites is 1. The Balaban J connectivity index is 2.45. The first kappa shape index (κ1) is 17.2. The molecule has 0 spiro atoms. The predicted molar refractivity (Wildman–Crippen MR) is 79.7 cm³/mol. The quantitative estimate of drug-likeness (QED) is 0.346. The molecule has 22 heavy (non-hydrogen) atoms. The van der Waals surface area contributed by atoms with Crippen LogP contribution in [-0.2, 0) is 14.3 Å². The van der Waals surface area contributed by atoms with Crippen LogP contribution in [0.2, 0.25) is 0 Å². The van der Waals surface area contributed by atoms with Crippen molar-refractivity contribution in [2.45, 2.75) is 6.92 Å². The number of anilines is 1. The summed E-state index contributed by atoms with van der Waals surface area (Å²) in [5, 5.41) is 13.7. The average molecular weight is 303 g/mol. The third kappa shape index (κ3) is 6.54. The number of nitrogens with one attached hydrogen (secondary N) is 2. The van der Waals surface area contributed by atoms with Gasteiger partial charge in [0.1, 0.15) is 12.7 Å². The van der Waals surface area contributed by atoms with Gasteiger partial charge in [0, 0.05) is 18.5 Å². The van der Waals surface area contributed by atoms with Crippen molar-refractivity contribution < 1.29 is 19.1 Å². The second-order valence-corrected chi connectivity index (χ2v) is 3.97. The zero-order valence-electron chi connectivity index (χ0n) is 12.2. The van der Waals surface area contributed by atoms with Crippen molar-refractivity contribution in [2.75, 3.05) is 25.1 Å². The number of hydrogen-bond donors (Lipinski definition) is 2. The highest BCUT2D eigenvalue weighted by Crippen LogP contribution is 2.04. The van der Waals surface area contributed by atoms with Gasteiger partial charge in [0.2, 0.25) is 0 Å². The van der Waals surface area contributed by atoms with Gasteiger partial charge in [-0.1, -0.05) is 18.2 Å². The van der Waals surface area contributed by atoms with Gasteiger partial charge >= 0.3 is 12.0 Å². The number of hydrogen-bond acceptors (Lipinski definition) is 5. The Labute approximate surface area is 128 Å². The van der Waals surface area contributed by atoms with Crippen molar-refractivity contribution in [3.05, 3.63) is 42.1 Å². The maximum atomic E-state index is 11.6. The summed E-state index contributed by atoms with van der Waals surface area (Å²) in [5.41, 5.74) is 0.283. The zero-order valence-corrected chi connectivity index (χ0v) is 12.2. The van der Waals surface area contributed by atoms with Crippen LogP contribution in [-0.4, -0.2) is 31.8 Å². The van der Waals surface area contributed by atoms with Gasteiger partial charge < -0.3 is 20.1 Å². The number of esters is 1. The van der Waals surface area contributed by atoms with Gasteiger partial charge in [0.05, 0.1) is 6.61 Å². The number of urea groups is 1. The standard InChI is InChI=1S/C15H17N3O4/c1-2-21-8-9-22-14(19)12(10-16)11-17-15(20)18-13-6-4-3-5-7-13/h3-7,11H,2,8-9H2,1H3,(H2,17,18,20)/b12-11-. The molecule has 7 heteroatoms. The van der Waals surface area contributed by atoms with E-state index in [0.29, 0.717) is 12.3 Å². The lowest BCUT2D eigenvalue weighted by Crippen LogP contribution is -2.25. The van der Waals surface area contributed by atoms with Gasteiger partial charge in [-0.15, -0.1) is 0 Å². The van der Waals surface area contributed by atoms with Crippen molar-refractivity contribution in [3.8, 4) is 6.07 Å². The topological polar surface area (TPSA) is 100 Å². The van der Waals surface area contributed by atoms with E-state index in [9.17, 15) is 9.59 Å². The molecule has 2 N–H and O–H groups in total. The van der Waals surface area contributed by atoms with Gasteiger partial charge in [-0.2, -0.15) is 5.26 Å². The molecule has 0 saturated carbocycles. The molecule has 0 unspecified atom stereocenters. The lowest BCUT2D eigenvalue weighted by molar-refractivity contribution is -0.140. The molecule has 0 aliphatic rings. The molecule has 0 atom stereocenters. The molecule has 0 aromatic heterocycles. The molecule has 7 nitrogen and oxygen atoms in total. The SMILES string of the molecule is CCOCCOC(=O)/C(C#N)=C\NC(=O)Nc1ccccc1. The molecule has 0 heterocycles. The van der Waals surface area contributed by atoms with E-state index < -0.39 is 12.0 Å². The van der Waals surface area contributed by atoms with Crippen molar-refractivity contribution in [3.63, 3.8) is 0 Å². The second-order valence-electron chi connectivity index (χ2n) is 3.97. The van der Waals surface area contributed by atoms with Crippen LogP contribution < -0.4 is 10.6 Å². The summed E-state index contributed by atoms with van der Waals surface area (Å²) in [6.45, 7) is 2.63. The molecular formula is C15H17N3O4. The molecule has 116 valence electrons. The van der Waals surface area contributed by atoms with Gasteiger partial charge in [0.25, 0.3) is 0 Å². The lowest BCUT2D eigenvalue weighted by Gasteiger charge is -2.05. The minimum Gasteiger partial charge on any atom is -0.459 e. The van der Waals surface area contributed by atoms with Crippen molar-refractivity contribution in [1.29, 1.82) is 5.26 Å². The van der Waals surface area contributed by atoms with E-state index in [1.54, 1.807) is 30.3 Å². The van der Waals surface area contributed by atoms with Crippen LogP contribution in [0.1, 0.15) is 6.92 Å². The Morgan fingerprint density at radius 2 is 2.00 bits per heavy atom. The van der Waals surface area contributed by atoms with E-state index in [1.807, 2.05) is 13.0 Å². The first-order chi connectivity index (χ1) is 10.7. The zero-order chi connectivity index (χ0) is 16.2. The van der Waals surface area contributed by atoms with E-state index >= 15 is 0 Å². The molecule has 0 aliphatic carbocycles. The number of ether oxygens (including phenoxy) is 2. The number of rotatable bonds is 7. The number of amides is 2. The molecule has 0 fully saturated rings. The largest absolute Gasteiger partial charge is 0.459 e. The highest BCUT2D eigenvalue weighted by Gasteiger charge is 2.11. The van der Waals surface area contributed by atoms with Crippen LogP contribution in [0.15, 0.2) is 42.1 Å². The van der Waals surface area contributed by atoms with Crippen LogP contribution in [0.3, 0.4) is 0 Å². The van der Waals surface area contributed by atoms with E-state index in [0.717, 1.165) is 6.20 Å². The van der Waals surface area contributed by atoms with Crippen LogP contribution in [0, 0.1) is 11.3 Å². The number of carbonyl (C=O) groups excluding carboxylic acids is 2. The Morgan fingerprint density at radius 1 is 1.27 bits per heavy atom. The van der Waals surface area contributed by atoms with Crippen LogP contribution in [0.4, 0.5) is 10.5 Å². The average Bonchev–Trinajstić information content (AvgIpc) is 2.53. The van der Waals surface area contributed by atoms with Crippen LogP contribution in [0.5, 0.6) is 0 Å². The summed E-state index contributed by atoms with van der Waals surface area (Å²) in [6.07, 6.45) is 1.00. The van der Waals surface area contributed by atoms with E-state index in [1.165, 1.54) is 0 Å². The maximum Gasteiger partial charge on any atom is 0.350 e. The van der Waals surface area contributed by atoms with E-state index in [-0.39, 0.29) is 18.8 Å². The molecule has 1 aromatic carbocycles. The van der Waals surface area contributed by atoms with E-state index in [2.05, 4.69) is 10.6 Å². The van der Waals surface area contributed by atoms with E-state index in [4.69, 9.17) is 14.7 Å². The molecule has 0 aliphatic heterocycles. The summed E-state index contributed by atoms with van der Waals surface area (Å²) in [4.78, 5) is 23.2. The molecule has 1 aromatic rings. The maximum absolute atomic E-state index is 11.6. The summed E-state index contributed by atoms with van der Waals surface area (Å²) >= 11 is 0. The Kier molecular flexibility index (Phi) is 7.79. The Morgan fingerprint density at radius 3 is 2.64 bits per heavy atom. The minimum absolute atomic E-state index is 0.0436. The molecule has 2 amide bonds. The highest BCUT2D eigenvalue weighted by molar-refractivity contribution is 5.95. The Hall–Kier alpha value is -2.85. The lowest BCUT2D eigenvalue weighted by atomic mass is 10.3. The summed E-state index contributed by atoms with van der Waals surface area (Å²) in [7, 11) is 0. The molecular weight excluding hydrogens is 286 g/mol. The number of nitriles is 1. The molecule has 1 rings (SSSR count). The van der Waals surface area contributed by atoms with Crippen molar-refractivity contribution >= 4 is 17.7 Å². The Bertz CT molecular complexity index is 564. The third-order valence-corrected chi connectivity index (χ3v) is 2.38. The van der Waals surface area contributed by atoms with Gasteiger partial charge in [-0.3, -0.25) is 0 Å². The fourth-order valence-corrected chi connectivity index (χ4v) is 1.38. The first-order valence-corrected chi connectivity index (χ1v) is 6.65. The highest BCUT2D eigenvalue weighted by atomic mass is 16.6. The van der Waals surface area contributed by atoms with Gasteiger partial charge in [-0.05, 0) is 19.1 Å². The molecule has 0 saturated heterocycles. The molecule has 0 radical (unpaired) electrons.